The maximum Gasteiger partial charge on any atom is 0.307 e. The molecule has 0 spiro atoms. The van der Waals surface area contributed by atoms with Gasteiger partial charge in [0.25, 0.3) is 0 Å². The van der Waals surface area contributed by atoms with Gasteiger partial charge in [-0.15, -0.1) is 0 Å². The Morgan fingerprint density at radius 2 is 2.07 bits per heavy atom. The van der Waals surface area contributed by atoms with Crippen LogP contribution < -0.4 is 4.74 Å². The molecule has 1 N–H and O–H groups in total. The lowest BCUT2D eigenvalue weighted by molar-refractivity contribution is -0.143. The van der Waals surface area contributed by atoms with Crippen molar-refractivity contribution >= 4 is 29.2 Å². The van der Waals surface area contributed by atoms with Crippen LogP contribution in [0.5, 0.6) is 5.75 Å². The Morgan fingerprint density at radius 3 is 2.78 bits per heavy atom. The third-order valence-corrected chi connectivity index (χ3v) is 5.76. The Bertz CT molecular complexity index is 846. The van der Waals surface area contributed by atoms with Gasteiger partial charge in [-0.2, -0.15) is 0 Å². The van der Waals surface area contributed by atoms with Crippen molar-refractivity contribution in [3.05, 3.63) is 63.4 Å². The number of aliphatic carboxylic acids is 1. The summed E-state index contributed by atoms with van der Waals surface area (Å²) >= 11 is 12.7. The molecule has 1 aliphatic heterocycles. The van der Waals surface area contributed by atoms with E-state index in [-0.39, 0.29) is 0 Å². The first kappa shape index (κ1) is 19.9. The number of hydrogen-bond acceptors (Lipinski definition) is 3. The summed E-state index contributed by atoms with van der Waals surface area (Å²) in [7, 11) is 1.52. The number of hydrogen-bond donors (Lipinski definition) is 1. The molecule has 27 heavy (non-hydrogen) atoms. The van der Waals surface area contributed by atoms with E-state index >= 15 is 0 Å². The van der Waals surface area contributed by atoms with Crippen molar-refractivity contribution in [2.45, 2.75) is 18.9 Å². The van der Waals surface area contributed by atoms with Crippen LogP contribution in [-0.2, 0) is 4.79 Å². The highest BCUT2D eigenvalue weighted by molar-refractivity contribution is 6.42. The minimum Gasteiger partial charge on any atom is -0.496 e. The number of carboxylic acid groups (broad SMARTS) is 1. The zero-order chi connectivity index (χ0) is 19.6. The summed E-state index contributed by atoms with van der Waals surface area (Å²) in [6.45, 7) is 0.999. The number of rotatable bonds is 5. The zero-order valence-electron chi connectivity index (χ0n) is 14.8. The van der Waals surface area contributed by atoms with Crippen molar-refractivity contribution in [2.75, 3.05) is 20.2 Å². The van der Waals surface area contributed by atoms with E-state index in [0.717, 1.165) is 6.42 Å². The Morgan fingerprint density at radius 1 is 1.30 bits per heavy atom. The van der Waals surface area contributed by atoms with Crippen LogP contribution in [0.1, 0.15) is 30.0 Å². The molecule has 1 heterocycles. The Labute approximate surface area is 167 Å². The molecule has 2 atom stereocenters. The number of benzene rings is 2. The second-order valence-electron chi connectivity index (χ2n) is 6.60. The summed E-state index contributed by atoms with van der Waals surface area (Å²) in [5.74, 6) is -1.21. The molecule has 0 unspecified atom stereocenters. The second-order valence-corrected chi connectivity index (χ2v) is 7.39. The van der Waals surface area contributed by atoms with Crippen LogP contribution in [0.25, 0.3) is 0 Å². The number of nitrogens with zero attached hydrogens (tertiary/aromatic N) is 1. The molecule has 0 saturated carbocycles. The van der Waals surface area contributed by atoms with E-state index in [2.05, 4.69) is 0 Å². The third kappa shape index (κ3) is 4.21. The summed E-state index contributed by atoms with van der Waals surface area (Å²) in [5.41, 5.74) is 1.28. The van der Waals surface area contributed by atoms with Gasteiger partial charge in [0.2, 0.25) is 0 Å². The lowest BCUT2D eigenvalue weighted by Crippen LogP contribution is -2.41. The largest absolute Gasteiger partial charge is 0.496 e. The molecule has 1 aliphatic rings. The smallest absolute Gasteiger partial charge is 0.307 e. The molecular formula is C20H20Cl2FNO3. The normalized spacial score (nSPS) is 18.9. The standard InChI is InChI=1S/C20H20Cl2FNO3/c1-27-17-8-7-13(23)10-15(17)19(14-5-2-6-16(21)18(14)22)24-9-3-4-12(11-24)20(25)26/h2,5-8,10,12,19H,3-4,9,11H2,1H3,(H,25,26)/t12-,19+/m1/s1. The summed E-state index contributed by atoms with van der Waals surface area (Å²) in [6.07, 6.45) is 1.34. The fourth-order valence-electron chi connectivity index (χ4n) is 3.65. The molecular weight excluding hydrogens is 392 g/mol. The number of methoxy groups -OCH3 is 1. The van der Waals surface area contributed by atoms with Crippen molar-refractivity contribution in [3.63, 3.8) is 0 Å². The van der Waals surface area contributed by atoms with Crippen LogP contribution in [-0.4, -0.2) is 36.2 Å². The average molecular weight is 412 g/mol. The summed E-state index contributed by atoms with van der Waals surface area (Å²) in [4.78, 5) is 13.5. The summed E-state index contributed by atoms with van der Waals surface area (Å²) in [6, 6.07) is 9.12. The molecule has 0 aromatic heterocycles. The summed E-state index contributed by atoms with van der Waals surface area (Å²) < 4.78 is 19.5. The molecule has 144 valence electrons. The van der Waals surface area contributed by atoms with Crippen molar-refractivity contribution in [3.8, 4) is 5.75 Å². The topological polar surface area (TPSA) is 49.8 Å². The first-order chi connectivity index (χ1) is 12.9. The predicted octanol–water partition coefficient (Wildman–Crippen LogP) is 5.03. The molecule has 0 radical (unpaired) electrons. The fourth-order valence-corrected chi connectivity index (χ4v) is 4.07. The number of carboxylic acids is 1. The fraction of sp³-hybridized carbons (Fsp3) is 0.350. The first-order valence-electron chi connectivity index (χ1n) is 8.66. The van der Waals surface area contributed by atoms with Crippen LogP contribution >= 0.6 is 23.2 Å². The molecule has 0 aliphatic carbocycles. The lowest BCUT2D eigenvalue weighted by Gasteiger charge is -2.38. The van der Waals surface area contributed by atoms with Crippen molar-refractivity contribution < 1.29 is 19.0 Å². The van der Waals surface area contributed by atoms with E-state index in [1.54, 1.807) is 18.2 Å². The van der Waals surface area contributed by atoms with E-state index < -0.39 is 23.7 Å². The monoisotopic (exact) mass is 411 g/mol. The Hall–Kier alpha value is -1.82. The quantitative estimate of drug-likeness (QED) is 0.749. The molecule has 3 rings (SSSR count). The second kappa shape index (κ2) is 8.46. The van der Waals surface area contributed by atoms with Gasteiger partial charge < -0.3 is 9.84 Å². The number of ether oxygens (including phenoxy) is 1. The molecule has 1 fully saturated rings. The van der Waals surface area contributed by atoms with Crippen LogP contribution in [0, 0.1) is 11.7 Å². The van der Waals surface area contributed by atoms with Crippen LogP contribution in [0.3, 0.4) is 0 Å². The predicted molar refractivity (Wildman–Crippen MR) is 103 cm³/mol. The van der Waals surface area contributed by atoms with E-state index in [4.69, 9.17) is 27.9 Å². The molecule has 1 saturated heterocycles. The van der Waals surface area contributed by atoms with Gasteiger partial charge >= 0.3 is 5.97 Å². The van der Waals surface area contributed by atoms with Gasteiger partial charge in [-0.05, 0) is 49.2 Å². The minimum absolute atomic E-state index is 0.336. The Balaban J connectivity index is 2.14. The van der Waals surface area contributed by atoms with E-state index in [0.29, 0.717) is 46.4 Å². The third-order valence-electron chi connectivity index (χ3n) is 4.93. The van der Waals surface area contributed by atoms with Crippen LogP contribution in [0.2, 0.25) is 10.0 Å². The molecule has 0 amide bonds. The van der Waals surface area contributed by atoms with Gasteiger partial charge in [0.05, 0.1) is 29.1 Å². The van der Waals surface area contributed by atoms with Crippen LogP contribution in [0.15, 0.2) is 36.4 Å². The molecule has 4 nitrogen and oxygen atoms in total. The highest BCUT2D eigenvalue weighted by Crippen LogP contribution is 2.41. The molecule has 2 aromatic rings. The summed E-state index contributed by atoms with van der Waals surface area (Å²) in [5, 5.41) is 10.2. The van der Waals surface area contributed by atoms with Crippen molar-refractivity contribution in [1.29, 1.82) is 0 Å². The SMILES string of the molecule is COc1ccc(F)cc1[C@H](c1cccc(Cl)c1Cl)N1CCC[C@@H](C(=O)O)C1. The number of carbonyl (C=O) groups is 1. The minimum atomic E-state index is -0.832. The molecule has 7 heteroatoms. The molecule has 0 bridgehead atoms. The average Bonchev–Trinajstić information content (AvgIpc) is 2.66. The van der Waals surface area contributed by atoms with Gasteiger partial charge in [-0.25, -0.2) is 4.39 Å². The van der Waals surface area contributed by atoms with Gasteiger partial charge in [0.1, 0.15) is 11.6 Å². The zero-order valence-corrected chi connectivity index (χ0v) is 16.3. The maximum atomic E-state index is 14.1. The van der Waals surface area contributed by atoms with Gasteiger partial charge in [-0.1, -0.05) is 35.3 Å². The van der Waals surface area contributed by atoms with Crippen molar-refractivity contribution in [2.24, 2.45) is 5.92 Å². The highest BCUT2D eigenvalue weighted by Gasteiger charge is 2.34. The van der Waals surface area contributed by atoms with Crippen LogP contribution in [0.4, 0.5) is 4.39 Å². The van der Waals surface area contributed by atoms with E-state index in [9.17, 15) is 14.3 Å². The molecule has 2 aromatic carbocycles. The van der Waals surface area contributed by atoms with Crippen molar-refractivity contribution in [1.82, 2.24) is 4.90 Å². The van der Waals surface area contributed by atoms with E-state index in [1.165, 1.54) is 19.2 Å². The number of halogens is 3. The highest BCUT2D eigenvalue weighted by atomic mass is 35.5. The number of likely N-dealkylation sites (tertiary alicyclic amines) is 1. The first-order valence-corrected chi connectivity index (χ1v) is 9.42. The van der Waals surface area contributed by atoms with Gasteiger partial charge in [0.15, 0.2) is 0 Å². The lowest BCUT2D eigenvalue weighted by atomic mass is 9.91. The number of piperidine rings is 1. The van der Waals surface area contributed by atoms with Gasteiger partial charge in [-0.3, -0.25) is 9.69 Å². The van der Waals surface area contributed by atoms with E-state index in [1.807, 2.05) is 11.0 Å². The maximum absolute atomic E-state index is 14.1. The Kier molecular flexibility index (Phi) is 6.25. The van der Waals surface area contributed by atoms with Gasteiger partial charge in [0, 0.05) is 12.1 Å².